The maximum Gasteiger partial charge on any atom is 0.230 e. The van der Waals surface area contributed by atoms with E-state index in [1.165, 1.54) is 11.8 Å². The van der Waals surface area contributed by atoms with Gasteiger partial charge in [0.05, 0.1) is 11.8 Å². The number of thioether (sulfide) groups is 1. The summed E-state index contributed by atoms with van der Waals surface area (Å²) in [6.45, 7) is 10.7. The average molecular weight is 437 g/mol. The normalized spacial score (nSPS) is 11.7. The molecule has 162 valence electrons. The second-order valence-corrected chi connectivity index (χ2v) is 8.34. The van der Waals surface area contributed by atoms with Crippen molar-refractivity contribution in [3.8, 4) is 5.75 Å². The minimum Gasteiger partial charge on any atom is -0.486 e. The van der Waals surface area contributed by atoms with Crippen molar-refractivity contribution in [2.24, 2.45) is 0 Å². The third kappa shape index (κ3) is 6.46. The Morgan fingerprint density at radius 2 is 1.90 bits per heavy atom. The molecular formula is C24H28N4O2S. The number of carbonyl (C=O) groups is 1. The zero-order valence-corrected chi connectivity index (χ0v) is 19.0. The molecule has 2 aromatic carbocycles. The van der Waals surface area contributed by atoms with Gasteiger partial charge >= 0.3 is 0 Å². The lowest BCUT2D eigenvalue weighted by molar-refractivity contribution is -0.119. The van der Waals surface area contributed by atoms with E-state index in [1.807, 2.05) is 67.8 Å². The van der Waals surface area contributed by atoms with E-state index < -0.39 is 0 Å². The van der Waals surface area contributed by atoms with Gasteiger partial charge in [-0.3, -0.25) is 9.36 Å². The summed E-state index contributed by atoms with van der Waals surface area (Å²) >= 11 is 1.35. The largest absolute Gasteiger partial charge is 0.486 e. The first-order chi connectivity index (χ1) is 15.0. The molecular weight excluding hydrogens is 408 g/mol. The number of aromatic nitrogens is 3. The summed E-state index contributed by atoms with van der Waals surface area (Å²) in [4.78, 5) is 12.4. The summed E-state index contributed by atoms with van der Waals surface area (Å²) in [7, 11) is 0. The maximum atomic E-state index is 12.4. The van der Waals surface area contributed by atoms with Gasteiger partial charge in [-0.25, -0.2) is 0 Å². The summed E-state index contributed by atoms with van der Waals surface area (Å²) < 4.78 is 7.86. The van der Waals surface area contributed by atoms with Crippen molar-refractivity contribution in [1.82, 2.24) is 20.1 Å². The molecule has 7 heteroatoms. The fourth-order valence-corrected chi connectivity index (χ4v) is 4.03. The summed E-state index contributed by atoms with van der Waals surface area (Å²) in [6, 6.07) is 15.9. The number of hydrogen-bond donors (Lipinski definition) is 1. The third-order valence-corrected chi connectivity index (χ3v) is 5.64. The van der Waals surface area contributed by atoms with E-state index in [2.05, 4.69) is 28.2 Å². The molecule has 0 fully saturated rings. The number of nitrogens with one attached hydrogen (secondary N) is 1. The molecule has 1 aromatic heterocycles. The highest BCUT2D eigenvalue weighted by Gasteiger charge is 2.15. The number of rotatable bonds is 10. The maximum absolute atomic E-state index is 12.4. The third-order valence-electron chi connectivity index (χ3n) is 4.68. The van der Waals surface area contributed by atoms with Crippen molar-refractivity contribution in [2.75, 3.05) is 5.75 Å². The van der Waals surface area contributed by atoms with Crippen LogP contribution in [-0.4, -0.2) is 26.4 Å². The van der Waals surface area contributed by atoms with Gasteiger partial charge in [0.2, 0.25) is 5.91 Å². The molecule has 0 aliphatic carbocycles. The van der Waals surface area contributed by atoms with Crippen LogP contribution in [0.4, 0.5) is 0 Å². The smallest absolute Gasteiger partial charge is 0.230 e. The minimum absolute atomic E-state index is 0.0532. The fourth-order valence-electron chi connectivity index (χ4n) is 3.25. The number of benzene rings is 2. The van der Waals surface area contributed by atoms with Gasteiger partial charge in [-0.1, -0.05) is 54.2 Å². The summed E-state index contributed by atoms with van der Waals surface area (Å²) in [5.74, 6) is 1.70. The molecule has 3 rings (SSSR count). The van der Waals surface area contributed by atoms with E-state index >= 15 is 0 Å². The van der Waals surface area contributed by atoms with Crippen LogP contribution in [0.25, 0.3) is 0 Å². The van der Waals surface area contributed by atoms with Crippen LogP contribution in [0, 0.1) is 13.8 Å². The molecule has 0 spiro atoms. The van der Waals surface area contributed by atoms with Crippen LogP contribution < -0.4 is 10.1 Å². The molecule has 1 atom stereocenters. The lowest BCUT2D eigenvalue weighted by atomic mass is 10.1. The predicted molar refractivity (Wildman–Crippen MR) is 124 cm³/mol. The van der Waals surface area contributed by atoms with E-state index in [0.29, 0.717) is 24.1 Å². The monoisotopic (exact) mass is 436 g/mol. The van der Waals surface area contributed by atoms with Gasteiger partial charge in [-0.05, 0) is 49.6 Å². The van der Waals surface area contributed by atoms with E-state index in [4.69, 9.17) is 4.74 Å². The van der Waals surface area contributed by atoms with E-state index in [9.17, 15) is 4.79 Å². The first-order valence-electron chi connectivity index (χ1n) is 10.2. The molecule has 6 nitrogen and oxygen atoms in total. The lowest BCUT2D eigenvalue weighted by Gasteiger charge is -2.14. The highest BCUT2D eigenvalue weighted by Crippen LogP contribution is 2.21. The van der Waals surface area contributed by atoms with Crippen molar-refractivity contribution in [1.29, 1.82) is 0 Å². The van der Waals surface area contributed by atoms with Crippen molar-refractivity contribution >= 4 is 17.7 Å². The number of allylic oxidation sites excluding steroid dienone is 1. The van der Waals surface area contributed by atoms with Crippen LogP contribution >= 0.6 is 11.8 Å². The van der Waals surface area contributed by atoms with Crippen molar-refractivity contribution in [3.63, 3.8) is 0 Å². The number of aryl methyl sites for hydroxylation is 2. The Bertz CT molecular complexity index is 1010. The second-order valence-electron chi connectivity index (χ2n) is 7.40. The molecule has 1 N–H and O–H groups in total. The van der Waals surface area contributed by atoms with Crippen molar-refractivity contribution in [2.45, 2.75) is 45.1 Å². The Kier molecular flexibility index (Phi) is 7.89. The Balaban J connectivity index is 1.60. The highest BCUT2D eigenvalue weighted by molar-refractivity contribution is 7.99. The summed E-state index contributed by atoms with van der Waals surface area (Å²) in [6.07, 6.45) is 1.78. The fraction of sp³-hybridized carbons (Fsp3) is 0.292. The van der Waals surface area contributed by atoms with Gasteiger partial charge in [0, 0.05) is 6.54 Å². The van der Waals surface area contributed by atoms with Gasteiger partial charge in [0.1, 0.15) is 12.4 Å². The molecule has 0 saturated heterocycles. The molecule has 1 unspecified atom stereocenters. The number of carbonyl (C=O) groups excluding carboxylic acids is 1. The predicted octanol–water partition coefficient (Wildman–Crippen LogP) is 4.63. The van der Waals surface area contributed by atoms with Crippen LogP contribution in [0.2, 0.25) is 0 Å². The van der Waals surface area contributed by atoms with E-state index in [0.717, 1.165) is 22.4 Å². The van der Waals surface area contributed by atoms with Gasteiger partial charge < -0.3 is 10.1 Å². The topological polar surface area (TPSA) is 69.0 Å². The first-order valence-corrected chi connectivity index (χ1v) is 11.2. The molecule has 0 aliphatic heterocycles. The number of amides is 1. The molecule has 0 radical (unpaired) electrons. The quantitative estimate of drug-likeness (QED) is 0.371. The highest BCUT2D eigenvalue weighted by atomic mass is 32.2. The number of hydrogen-bond acceptors (Lipinski definition) is 5. The van der Waals surface area contributed by atoms with Crippen LogP contribution in [0.1, 0.15) is 35.5 Å². The zero-order valence-electron chi connectivity index (χ0n) is 18.2. The molecule has 31 heavy (non-hydrogen) atoms. The first kappa shape index (κ1) is 22.6. The van der Waals surface area contributed by atoms with Crippen LogP contribution in [0.3, 0.4) is 0 Å². The molecule has 3 aromatic rings. The lowest BCUT2D eigenvalue weighted by Crippen LogP contribution is -2.28. The SMILES string of the molecule is C=CCn1c(COc2cc(C)cc(C)c2)nnc1SCC(=O)NC(C)c1ccccc1. The van der Waals surface area contributed by atoms with Gasteiger partial charge in [-0.2, -0.15) is 0 Å². The van der Waals surface area contributed by atoms with Gasteiger partial charge in [0.15, 0.2) is 11.0 Å². The van der Waals surface area contributed by atoms with Crippen molar-refractivity contribution < 1.29 is 9.53 Å². The molecule has 0 aliphatic rings. The Hall–Kier alpha value is -3.06. The molecule has 0 saturated carbocycles. The molecule has 1 heterocycles. The average Bonchev–Trinajstić information content (AvgIpc) is 3.12. The Morgan fingerprint density at radius 3 is 2.58 bits per heavy atom. The standard InChI is InChI=1S/C24H28N4O2S/c1-5-11-28-22(15-30-21-13-17(2)12-18(3)14-21)26-27-24(28)31-16-23(29)25-19(4)20-9-7-6-8-10-20/h5-10,12-14,19H,1,11,15-16H2,2-4H3,(H,25,29). The minimum atomic E-state index is -0.0536. The zero-order chi connectivity index (χ0) is 22.2. The molecule has 1 amide bonds. The van der Waals surface area contributed by atoms with Gasteiger partial charge in [-0.15, -0.1) is 16.8 Å². The van der Waals surface area contributed by atoms with Crippen LogP contribution in [-0.2, 0) is 17.9 Å². The second kappa shape index (κ2) is 10.8. The van der Waals surface area contributed by atoms with E-state index in [1.54, 1.807) is 6.08 Å². The van der Waals surface area contributed by atoms with Crippen LogP contribution in [0.15, 0.2) is 66.3 Å². The summed E-state index contributed by atoms with van der Waals surface area (Å²) in [5, 5.41) is 12.2. The van der Waals surface area contributed by atoms with E-state index in [-0.39, 0.29) is 17.7 Å². The summed E-state index contributed by atoms with van der Waals surface area (Å²) in [5.41, 5.74) is 3.37. The Morgan fingerprint density at radius 1 is 1.19 bits per heavy atom. The number of ether oxygens (including phenoxy) is 1. The Labute approximate surface area is 187 Å². The molecule has 0 bridgehead atoms. The number of nitrogens with zero attached hydrogens (tertiary/aromatic N) is 3. The van der Waals surface area contributed by atoms with Gasteiger partial charge in [0.25, 0.3) is 0 Å². The van der Waals surface area contributed by atoms with Crippen molar-refractivity contribution in [3.05, 3.63) is 83.7 Å². The van der Waals surface area contributed by atoms with Crippen LogP contribution in [0.5, 0.6) is 5.75 Å².